The molecule has 1 saturated heterocycles. The monoisotopic (exact) mass is 506 g/mol. The van der Waals surface area contributed by atoms with Gasteiger partial charge in [0.1, 0.15) is 0 Å². The van der Waals surface area contributed by atoms with Crippen LogP contribution < -0.4 is 5.32 Å². The molecule has 35 heavy (non-hydrogen) atoms. The number of ether oxygens (including phenoxy) is 1. The highest BCUT2D eigenvalue weighted by molar-refractivity contribution is 6.30. The Balaban J connectivity index is 1.85. The van der Waals surface area contributed by atoms with Gasteiger partial charge in [0, 0.05) is 28.5 Å². The second kappa shape index (κ2) is 9.47. The van der Waals surface area contributed by atoms with Crippen LogP contribution in [0.1, 0.15) is 40.5 Å². The van der Waals surface area contributed by atoms with Crippen molar-refractivity contribution in [2.45, 2.75) is 37.6 Å². The van der Waals surface area contributed by atoms with Gasteiger partial charge in [-0.3, -0.25) is 14.4 Å². The van der Waals surface area contributed by atoms with Crippen molar-refractivity contribution in [3.8, 4) is 0 Å². The molecule has 1 fully saturated rings. The summed E-state index contributed by atoms with van der Waals surface area (Å²) in [5.41, 5.74) is -4.76. The van der Waals surface area contributed by atoms with Gasteiger partial charge < -0.3 is 15.0 Å². The van der Waals surface area contributed by atoms with E-state index in [1.165, 1.54) is 55.5 Å². The molecule has 2 heterocycles. The number of benzene rings is 2. The molecule has 4 rings (SSSR count). The number of alkyl halides is 3. The van der Waals surface area contributed by atoms with Gasteiger partial charge in [-0.2, -0.15) is 13.2 Å². The zero-order chi connectivity index (χ0) is 25.4. The molecule has 2 atom stereocenters. The number of rotatable bonds is 6. The fourth-order valence-electron chi connectivity index (χ4n) is 4.44. The van der Waals surface area contributed by atoms with Crippen LogP contribution in [0.25, 0.3) is 0 Å². The molecule has 0 radical (unpaired) electrons. The summed E-state index contributed by atoms with van der Waals surface area (Å²) in [6, 6.07) is 12.5. The lowest BCUT2D eigenvalue weighted by molar-refractivity contribution is -0.189. The molecule has 184 valence electrons. The maximum Gasteiger partial charge on any atom is 0.425 e. The summed E-state index contributed by atoms with van der Waals surface area (Å²) in [5, 5.41) is 2.17. The molecule has 2 aliphatic heterocycles. The van der Waals surface area contributed by atoms with E-state index >= 15 is 0 Å². The van der Waals surface area contributed by atoms with Crippen LogP contribution in [0.3, 0.4) is 0 Å². The fraction of sp³-hybridized carbons (Fsp3) is 0.320. The van der Waals surface area contributed by atoms with E-state index in [1.807, 2.05) is 5.32 Å². The molecular formula is C25H22ClF3N2O4. The molecular weight excluding hydrogens is 485 g/mol. The number of carbonyl (C=O) groups excluding carboxylic acids is 3. The minimum atomic E-state index is -5.32. The van der Waals surface area contributed by atoms with E-state index in [0.29, 0.717) is 19.4 Å². The van der Waals surface area contributed by atoms with E-state index in [0.717, 1.165) is 4.90 Å². The van der Waals surface area contributed by atoms with Crippen LogP contribution >= 0.6 is 11.6 Å². The van der Waals surface area contributed by atoms with Crippen LogP contribution in [0.4, 0.5) is 13.2 Å². The summed E-state index contributed by atoms with van der Waals surface area (Å²) < 4.78 is 50.2. The smallest absolute Gasteiger partial charge is 0.376 e. The van der Waals surface area contributed by atoms with E-state index in [-0.39, 0.29) is 28.4 Å². The summed E-state index contributed by atoms with van der Waals surface area (Å²) in [5.74, 6) is -3.61. The van der Waals surface area contributed by atoms with Crippen molar-refractivity contribution in [3.63, 3.8) is 0 Å². The molecule has 2 aromatic carbocycles. The fourth-order valence-corrected chi connectivity index (χ4v) is 4.57. The van der Waals surface area contributed by atoms with Gasteiger partial charge in [0.15, 0.2) is 5.78 Å². The molecule has 0 saturated carbocycles. The van der Waals surface area contributed by atoms with Gasteiger partial charge in [-0.15, -0.1) is 0 Å². The number of ketones is 1. The maximum atomic E-state index is 14.9. The first-order valence-electron chi connectivity index (χ1n) is 11.0. The molecule has 0 bridgehead atoms. The molecule has 0 spiro atoms. The number of hydrogen-bond donors (Lipinski definition) is 1. The highest BCUT2D eigenvalue weighted by Crippen LogP contribution is 2.46. The highest BCUT2D eigenvalue weighted by atomic mass is 35.5. The van der Waals surface area contributed by atoms with Gasteiger partial charge in [-0.05, 0) is 44.0 Å². The Morgan fingerprint density at radius 1 is 1.11 bits per heavy atom. The number of nitrogens with zero attached hydrogens (tertiary/aromatic N) is 1. The first-order valence-corrected chi connectivity index (χ1v) is 11.3. The van der Waals surface area contributed by atoms with E-state index in [4.69, 9.17) is 16.3 Å². The maximum absolute atomic E-state index is 14.9. The summed E-state index contributed by atoms with van der Waals surface area (Å²) in [6.07, 6.45) is -4.52. The summed E-state index contributed by atoms with van der Waals surface area (Å²) in [4.78, 5) is 40.9. The third-order valence-electron chi connectivity index (χ3n) is 6.21. The lowest BCUT2D eigenvalue weighted by Gasteiger charge is -2.33. The van der Waals surface area contributed by atoms with Gasteiger partial charge in [0.2, 0.25) is 5.54 Å². The molecule has 2 amide bonds. The Hall–Kier alpha value is -3.17. The predicted octanol–water partition coefficient (Wildman–Crippen LogP) is 4.55. The highest BCUT2D eigenvalue weighted by Gasteiger charge is 2.70. The molecule has 0 aliphatic carbocycles. The number of carbonyl (C=O) groups is 3. The first-order chi connectivity index (χ1) is 16.6. The summed E-state index contributed by atoms with van der Waals surface area (Å²) >= 11 is 5.83. The van der Waals surface area contributed by atoms with Gasteiger partial charge in [-0.25, -0.2) is 0 Å². The van der Waals surface area contributed by atoms with E-state index in [2.05, 4.69) is 0 Å². The Labute approximate surface area is 204 Å². The number of Topliss-reactive ketones (excluding diaryl/α,β-unsaturated/α-hetero) is 1. The van der Waals surface area contributed by atoms with Crippen molar-refractivity contribution in [2.75, 3.05) is 13.2 Å². The zero-order valence-electron chi connectivity index (χ0n) is 18.7. The Bertz CT molecular complexity index is 1180. The minimum absolute atomic E-state index is 0.0389. The predicted molar refractivity (Wildman–Crippen MR) is 122 cm³/mol. The average molecular weight is 507 g/mol. The van der Waals surface area contributed by atoms with Crippen molar-refractivity contribution < 1.29 is 32.3 Å². The topological polar surface area (TPSA) is 75.7 Å². The van der Waals surface area contributed by atoms with Crippen molar-refractivity contribution >= 4 is 29.2 Å². The van der Waals surface area contributed by atoms with Crippen LogP contribution in [0.15, 0.2) is 65.9 Å². The molecule has 2 unspecified atom stereocenters. The second-order valence-corrected chi connectivity index (χ2v) is 8.85. The number of halogens is 4. The largest absolute Gasteiger partial charge is 0.425 e. The summed E-state index contributed by atoms with van der Waals surface area (Å²) in [6.45, 7) is 1.55. The van der Waals surface area contributed by atoms with Crippen molar-refractivity contribution in [1.29, 1.82) is 0 Å². The van der Waals surface area contributed by atoms with Crippen LogP contribution in [-0.2, 0) is 9.53 Å². The van der Waals surface area contributed by atoms with Crippen LogP contribution in [0.2, 0.25) is 5.02 Å². The minimum Gasteiger partial charge on any atom is -0.376 e. The molecule has 2 aliphatic rings. The quantitative estimate of drug-likeness (QED) is 0.583. The summed E-state index contributed by atoms with van der Waals surface area (Å²) in [7, 11) is 0. The Morgan fingerprint density at radius 2 is 1.77 bits per heavy atom. The lowest BCUT2D eigenvalue weighted by atomic mass is 9.84. The molecule has 10 heteroatoms. The van der Waals surface area contributed by atoms with Gasteiger partial charge in [-0.1, -0.05) is 41.9 Å². The van der Waals surface area contributed by atoms with Crippen LogP contribution in [0, 0.1) is 0 Å². The van der Waals surface area contributed by atoms with Crippen molar-refractivity contribution in [3.05, 3.63) is 82.0 Å². The second-order valence-electron chi connectivity index (χ2n) is 8.42. The molecule has 0 aromatic heterocycles. The van der Waals surface area contributed by atoms with Crippen LogP contribution in [-0.4, -0.2) is 53.5 Å². The van der Waals surface area contributed by atoms with Crippen molar-refractivity contribution in [1.82, 2.24) is 10.2 Å². The van der Waals surface area contributed by atoms with Crippen LogP contribution in [0.5, 0.6) is 0 Å². The van der Waals surface area contributed by atoms with E-state index in [1.54, 1.807) is 6.07 Å². The standard InChI is InChI=1S/C25H22ClF3N2O4/c1-15-20(21(32)16-6-3-2-4-7-16)24(25(27,28)29,23(34)31(15)14-19-8-5-13-35-19)30-22(33)17-9-11-18(26)12-10-17/h2-4,6-7,9-12,19H,5,8,13-14H2,1H3,(H,30,33). The molecule has 2 aromatic rings. The third kappa shape index (κ3) is 4.46. The van der Waals surface area contributed by atoms with Gasteiger partial charge in [0.25, 0.3) is 11.8 Å². The number of hydrogen-bond acceptors (Lipinski definition) is 4. The number of allylic oxidation sites excluding steroid dienone is 1. The number of amides is 2. The third-order valence-corrected chi connectivity index (χ3v) is 6.47. The zero-order valence-corrected chi connectivity index (χ0v) is 19.4. The Kier molecular flexibility index (Phi) is 6.75. The molecule has 1 N–H and O–H groups in total. The number of nitrogens with one attached hydrogen (secondary N) is 1. The van der Waals surface area contributed by atoms with Gasteiger partial charge >= 0.3 is 6.18 Å². The van der Waals surface area contributed by atoms with Gasteiger partial charge in [0.05, 0.1) is 18.2 Å². The normalized spacial score (nSPS) is 22.6. The lowest BCUT2D eigenvalue weighted by Crippen LogP contribution is -2.66. The average Bonchev–Trinajstić information content (AvgIpc) is 3.41. The Morgan fingerprint density at radius 3 is 2.34 bits per heavy atom. The van der Waals surface area contributed by atoms with E-state index in [9.17, 15) is 27.6 Å². The van der Waals surface area contributed by atoms with Crippen molar-refractivity contribution in [2.24, 2.45) is 0 Å². The van der Waals surface area contributed by atoms with E-state index < -0.39 is 41.0 Å². The first kappa shape index (κ1) is 24.9. The SMILES string of the molecule is CC1=C(C(=O)c2ccccc2)C(NC(=O)c2ccc(Cl)cc2)(C(F)(F)F)C(=O)N1CC1CCCO1. The molecule has 6 nitrogen and oxygen atoms in total.